The molecule has 2 aromatic rings. The minimum atomic E-state index is 0.778. The summed E-state index contributed by atoms with van der Waals surface area (Å²) in [6.45, 7) is 1.62. The van der Waals surface area contributed by atoms with E-state index in [1.807, 2.05) is 36.1 Å². The molecule has 0 aromatic carbocycles. The number of rotatable bonds is 4. The number of nitrogens with one attached hydrogen (secondary N) is 1. The van der Waals surface area contributed by atoms with Crippen LogP contribution in [0.2, 0.25) is 5.02 Å². The Morgan fingerprint density at radius 1 is 1.44 bits per heavy atom. The summed E-state index contributed by atoms with van der Waals surface area (Å²) >= 11 is 5.90. The summed E-state index contributed by atoms with van der Waals surface area (Å²) in [5.74, 6) is 0. The van der Waals surface area contributed by atoms with Crippen LogP contribution in [0.3, 0.4) is 0 Å². The highest BCUT2D eigenvalue weighted by Crippen LogP contribution is 2.12. The van der Waals surface area contributed by atoms with Crippen LogP contribution in [0.4, 0.5) is 0 Å². The quantitative estimate of drug-likeness (QED) is 0.882. The van der Waals surface area contributed by atoms with E-state index in [0.717, 1.165) is 18.1 Å². The van der Waals surface area contributed by atoms with Crippen molar-refractivity contribution in [2.75, 3.05) is 0 Å². The van der Waals surface area contributed by atoms with Crippen molar-refractivity contribution in [1.82, 2.24) is 14.9 Å². The van der Waals surface area contributed by atoms with Crippen molar-refractivity contribution in [3.63, 3.8) is 0 Å². The van der Waals surface area contributed by atoms with Crippen molar-refractivity contribution >= 4 is 11.6 Å². The van der Waals surface area contributed by atoms with E-state index >= 15 is 0 Å². The molecule has 0 saturated heterocycles. The van der Waals surface area contributed by atoms with Crippen molar-refractivity contribution in [2.45, 2.75) is 13.1 Å². The zero-order valence-corrected chi connectivity index (χ0v) is 9.91. The van der Waals surface area contributed by atoms with Gasteiger partial charge in [0.1, 0.15) is 0 Å². The third kappa shape index (κ3) is 2.84. The summed E-state index contributed by atoms with van der Waals surface area (Å²) < 4.78 is 2.03. The molecule has 0 saturated carbocycles. The summed E-state index contributed by atoms with van der Waals surface area (Å²) in [7, 11) is 1.99. The van der Waals surface area contributed by atoms with E-state index in [1.54, 1.807) is 6.20 Å². The zero-order chi connectivity index (χ0) is 11.4. The molecule has 2 rings (SSSR count). The Kier molecular flexibility index (Phi) is 3.59. The van der Waals surface area contributed by atoms with Gasteiger partial charge in [-0.15, -0.1) is 0 Å². The number of pyridine rings is 1. The Morgan fingerprint density at radius 2 is 2.31 bits per heavy atom. The van der Waals surface area contributed by atoms with E-state index in [-0.39, 0.29) is 0 Å². The van der Waals surface area contributed by atoms with Gasteiger partial charge in [-0.05, 0) is 17.7 Å². The van der Waals surface area contributed by atoms with Crippen LogP contribution in [0.1, 0.15) is 11.3 Å². The van der Waals surface area contributed by atoms with Gasteiger partial charge in [0, 0.05) is 44.4 Å². The fourth-order valence-electron chi connectivity index (χ4n) is 1.58. The van der Waals surface area contributed by atoms with E-state index in [0.29, 0.717) is 0 Å². The highest BCUT2D eigenvalue weighted by atomic mass is 35.5. The maximum absolute atomic E-state index is 5.90. The van der Waals surface area contributed by atoms with E-state index in [9.17, 15) is 0 Å². The SMILES string of the molecule is Cn1cc(Cl)cc1CNCc1cccnc1. The first-order chi connectivity index (χ1) is 7.75. The van der Waals surface area contributed by atoms with Crippen LogP contribution in [-0.4, -0.2) is 9.55 Å². The monoisotopic (exact) mass is 235 g/mol. The van der Waals surface area contributed by atoms with Crippen LogP contribution in [0, 0.1) is 0 Å². The molecule has 1 N–H and O–H groups in total. The van der Waals surface area contributed by atoms with E-state index in [2.05, 4.69) is 16.4 Å². The van der Waals surface area contributed by atoms with Crippen LogP contribution >= 0.6 is 11.6 Å². The molecule has 0 aliphatic heterocycles. The third-order valence-electron chi connectivity index (χ3n) is 2.43. The Labute approximate surface area is 100 Å². The molecule has 16 heavy (non-hydrogen) atoms. The average Bonchev–Trinajstić information content (AvgIpc) is 2.59. The third-order valence-corrected chi connectivity index (χ3v) is 2.64. The van der Waals surface area contributed by atoms with Gasteiger partial charge in [0.05, 0.1) is 5.02 Å². The topological polar surface area (TPSA) is 29.9 Å². The molecule has 0 radical (unpaired) electrons. The van der Waals surface area contributed by atoms with Crippen LogP contribution in [0.25, 0.3) is 0 Å². The summed E-state index contributed by atoms with van der Waals surface area (Å²) in [5.41, 5.74) is 2.36. The summed E-state index contributed by atoms with van der Waals surface area (Å²) in [6, 6.07) is 5.96. The lowest BCUT2D eigenvalue weighted by Gasteiger charge is -2.05. The first-order valence-electron chi connectivity index (χ1n) is 5.16. The van der Waals surface area contributed by atoms with E-state index < -0.39 is 0 Å². The summed E-state index contributed by atoms with van der Waals surface area (Å²) in [4.78, 5) is 4.07. The molecule has 2 heterocycles. The van der Waals surface area contributed by atoms with Gasteiger partial charge in [-0.2, -0.15) is 0 Å². The summed E-state index contributed by atoms with van der Waals surface area (Å²) in [6.07, 6.45) is 5.55. The first-order valence-corrected chi connectivity index (χ1v) is 5.54. The van der Waals surface area contributed by atoms with Gasteiger partial charge in [-0.1, -0.05) is 17.7 Å². The number of aromatic nitrogens is 2. The number of hydrogen-bond donors (Lipinski definition) is 1. The second kappa shape index (κ2) is 5.14. The van der Waals surface area contributed by atoms with Gasteiger partial charge >= 0.3 is 0 Å². The molecule has 0 atom stereocenters. The first kappa shape index (κ1) is 11.2. The van der Waals surface area contributed by atoms with Gasteiger partial charge < -0.3 is 9.88 Å². The fourth-order valence-corrected chi connectivity index (χ4v) is 1.85. The Balaban J connectivity index is 1.87. The Morgan fingerprint density at radius 3 is 2.94 bits per heavy atom. The number of aryl methyl sites for hydroxylation is 1. The van der Waals surface area contributed by atoms with Gasteiger partial charge in [-0.3, -0.25) is 4.98 Å². The van der Waals surface area contributed by atoms with Crippen molar-refractivity contribution in [1.29, 1.82) is 0 Å². The molecule has 84 valence electrons. The number of hydrogen-bond acceptors (Lipinski definition) is 2. The normalized spacial score (nSPS) is 10.6. The minimum Gasteiger partial charge on any atom is -0.352 e. The molecule has 3 nitrogen and oxygen atoms in total. The predicted molar refractivity (Wildman–Crippen MR) is 65.2 cm³/mol. The lowest BCUT2D eigenvalue weighted by molar-refractivity contribution is 0.654. The Bertz CT molecular complexity index is 451. The molecule has 4 heteroatoms. The maximum Gasteiger partial charge on any atom is 0.0585 e. The van der Waals surface area contributed by atoms with Crippen LogP contribution < -0.4 is 5.32 Å². The van der Waals surface area contributed by atoms with Crippen LogP contribution in [0.15, 0.2) is 36.8 Å². The number of nitrogens with zero attached hydrogens (tertiary/aromatic N) is 2. The molecule has 2 aromatic heterocycles. The van der Waals surface area contributed by atoms with Gasteiger partial charge in [-0.25, -0.2) is 0 Å². The molecule has 0 aliphatic rings. The van der Waals surface area contributed by atoms with Crippen molar-refractivity contribution in [3.8, 4) is 0 Å². The smallest absolute Gasteiger partial charge is 0.0585 e. The maximum atomic E-state index is 5.90. The molecule has 0 fully saturated rings. The predicted octanol–water partition coefficient (Wildman–Crippen LogP) is 2.36. The largest absolute Gasteiger partial charge is 0.352 e. The second-order valence-corrected chi connectivity index (χ2v) is 4.16. The van der Waals surface area contributed by atoms with Gasteiger partial charge in [0.25, 0.3) is 0 Å². The lowest BCUT2D eigenvalue weighted by atomic mass is 10.3. The Hall–Kier alpha value is -1.32. The molecular weight excluding hydrogens is 222 g/mol. The molecular formula is C12H14ClN3. The molecule has 0 amide bonds. The molecule has 0 aliphatic carbocycles. The van der Waals surface area contributed by atoms with Crippen molar-refractivity contribution in [2.24, 2.45) is 7.05 Å². The number of halogens is 1. The van der Waals surface area contributed by atoms with Crippen molar-refractivity contribution in [3.05, 3.63) is 53.1 Å². The van der Waals surface area contributed by atoms with Crippen LogP contribution in [0.5, 0.6) is 0 Å². The standard InChI is InChI=1S/C12H14ClN3/c1-16-9-11(13)5-12(16)8-15-7-10-3-2-4-14-6-10/h2-6,9,15H,7-8H2,1H3. The molecule has 0 spiro atoms. The average molecular weight is 236 g/mol. The zero-order valence-electron chi connectivity index (χ0n) is 9.15. The van der Waals surface area contributed by atoms with Crippen LogP contribution in [-0.2, 0) is 20.1 Å². The molecule has 0 unspecified atom stereocenters. The highest BCUT2D eigenvalue weighted by molar-refractivity contribution is 6.30. The minimum absolute atomic E-state index is 0.778. The van der Waals surface area contributed by atoms with E-state index in [1.165, 1.54) is 11.3 Å². The van der Waals surface area contributed by atoms with Gasteiger partial charge in [0.15, 0.2) is 0 Å². The summed E-state index contributed by atoms with van der Waals surface area (Å²) in [5, 5.41) is 4.13. The second-order valence-electron chi connectivity index (χ2n) is 3.73. The molecule has 0 bridgehead atoms. The lowest BCUT2D eigenvalue weighted by Crippen LogP contribution is -2.14. The fraction of sp³-hybridized carbons (Fsp3) is 0.250. The van der Waals surface area contributed by atoms with Crippen molar-refractivity contribution < 1.29 is 0 Å². The van der Waals surface area contributed by atoms with E-state index in [4.69, 9.17) is 11.6 Å². The highest BCUT2D eigenvalue weighted by Gasteiger charge is 2.00. The van der Waals surface area contributed by atoms with Gasteiger partial charge in [0.2, 0.25) is 0 Å².